The van der Waals surface area contributed by atoms with Crippen molar-refractivity contribution in [2.75, 3.05) is 0 Å². The third-order valence-electron chi connectivity index (χ3n) is 0.613. The van der Waals surface area contributed by atoms with Crippen LogP contribution in [0.3, 0.4) is 0 Å². The average molecular weight is 111 g/mol. The molecule has 1 rings (SSSR count). The second kappa shape index (κ2) is 1.99. The van der Waals surface area contributed by atoms with Crippen molar-refractivity contribution in [3.8, 4) is 0 Å². The predicted octanol–water partition coefficient (Wildman–Crippen LogP) is 1.94. The van der Waals surface area contributed by atoms with Gasteiger partial charge in [0.15, 0.2) is 0 Å². The molecule has 0 unspecified atom stereocenters. The summed E-state index contributed by atoms with van der Waals surface area (Å²) < 4.78 is 0. The van der Waals surface area contributed by atoms with E-state index in [2.05, 4.69) is 12.1 Å². The molecule has 0 atom stereocenters. The van der Waals surface area contributed by atoms with Crippen LogP contribution in [0.5, 0.6) is 0 Å². The first-order valence-corrected chi connectivity index (χ1v) is 2.31. The number of rotatable bonds is 0. The minimum absolute atomic E-state index is 0.544. The second-order valence-corrected chi connectivity index (χ2v) is 1.51. The van der Waals surface area contributed by atoms with Crippen molar-refractivity contribution in [1.82, 2.24) is 0 Å². The Balaban J connectivity index is 3.02. The molecule has 0 nitrogen and oxygen atoms in total. The predicted molar refractivity (Wildman–Crippen MR) is 29.1 cm³/mol. The van der Waals surface area contributed by atoms with Crippen molar-refractivity contribution in [1.29, 1.82) is 0 Å². The fraction of sp³-hybridized carbons (Fsp3) is 0. The quantitative estimate of drug-likeness (QED) is 0.479. The zero-order chi connectivity index (χ0) is 5.11. The summed E-state index contributed by atoms with van der Waals surface area (Å²) in [5.74, 6) is 0. The van der Waals surface area contributed by atoms with Crippen LogP contribution in [0.15, 0.2) is 18.2 Å². The maximum atomic E-state index is 5.43. The van der Waals surface area contributed by atoms with E-state index < -0.39 is 0 Å². The topological polar surface area (TPSA) is 0 Å². The number of halogens is 1. The molecule has 1 aromatic carbocycles. The van der Waals surface area contributed by atoms with Crippen molar-refractivity contribution in [2.45, 2.75) is 0 Å². The van der Waals surface area contributed by atoms with E-state index >= 15 is 0 Å². The Kier molecular flexibility index (Phi) is 1.32. The van der Waals surface area contributed by atoms with E-state index in [1.165, 1.54) is 0 Å². The van der Waals surface area contributed by atoms with E-state index in [-0.39, 0.29) is 0 Å². The van der Waals surface area contributed by atoms with E-state index in [1.54, 1.807) is 12.1 Å². The monoisotopic (exact) mass is 110 g/mol. The first kappa shape index (κ1) is 4.66. The minimum atomic E-state index is 0.544. The van der Waals surface area contributed by atoms with Crippen molar-refractivity contribution < 1.29 is 0 Å². The molecule has 1 heteroatoms. The smallest absolute Gasteiger partial charge is 0.0563 e. The van der Waals surface area contributed by atoms with Gasteiger partial charge in [0.2, 0.25) is 0 Å². The third kappa shape index (κ3) is 1.20. The molecular weight excluding hydrogens is 108 g/mol. The molecule has 0 bridgehead atoms. The van der Waals surface area contributed by atoms with Crippen molar-refractivity contribution in [2.24, 2.45) is 0 Å². The van der Waals surface area contributed by atoms with Gasteiger partial charge >= 0.3 is 0 Å². The Morgan fingerprint density at radius 1 is 1.29 bits per heavy atom. The Morgan fingerprint density at radius 3 is 2.14 bits per heavy atom. The van der Waals surface area contributed by atoms with Gasteiger partial charge in [0.25, 0.3) is 0 Å². The highest BCUT2D eigenvalue weighted by Crippen LogP contribution is 2.01. The lowest BCUT2D eigenvalue weighted by atomic mass is 10.4. The molecule has 0 N–H and O–H groups in total. The second-order valence-electron chi connectivity index (χ2n) is 1.13. The van der Waals surface area contributed by atoms with Gasteiger partial charge in [-0.1, -0.05) is 29.8 Å². The molecule has 0 amide bonds. The molecule has 0 spiro atoms. The van der Waals surface area contributed by atoms with Crippen LogP contribution in [-0.4, -0.2) is 0 Å². The molecule has 7 heavy (non-hydrogen) atoms. The summed E-state index contributed by atoms with van der Waals surface area (Å²) in [7, 11) is 0. The molecule has 0 heterocycles. The van der Waals surface area contributed by atoms with Crippen LogP contribution in [0, 0.1) is 12.1 Å². The highest BCUT2D eigenvalue weighted by molar-refractivity contribution is 6.30. The zero-order valence-electron chi connectivity index (χ0n) is 3.61. The van der Waals surface area contributed by atoms with Gasteiger partial charge in [-0.3, -0.25) is 0 Å². The lowest BCUT2D eigenvalue weighted by Crippen LogP contribution is -1.57. The fourth-order valence-electron chi connectivity index (χ4n) is 0.332. The first-order valence-electron chi connectivity index (χ1n) is 1.93. The van der Waals surface area contributed by atoms with Crippen molar-refractivity contribution >= 4 is 11.6 Å². The van der Waals surface area contributed by atoms with Crippen molar-refractivity contribution in [3.05, 3.63) is 35.4 Å². The molecule has 2 radical (unpaired) electrons. The standard InChI is InChI=1S/C6H3Cl/c7-6-4-2-1-3-5-6/h1-3H. The van der Waals surface area contributed by atoms with Gasteiger partial charge in [-0.25, -0.2) is 0 Å². The van der Waals surface area contributed by atoms with Gasteiger partial charge in [-0.2, -0.15) is 0 Å². The molecule has 0 aromatic heterocycles. The Labute approximate surface area is 47.7 Å². The maximum Gasteiger partial charge on any atom is 0.0563 e. The van der Waals surface area contributed by atoms with E-state index in [0.29, 0.717) is 5.02 Å². The maximum absolute atomic E-state index is 5.43. The summed E-state index contributed by atoms with van der Waals surface area (Å²) in [4.78, 5) is 0. The van der Waals surface area contributed by atoms with E-state index in [4.69, 9.17) is 11.6 Å². The lowest BCUT2D eigenvalue weighted by molar-refractivity contribution is 1.68. The fourth-order valence-corrected chi connectivity index (χ4v) is 0.458. The van der Waals surface area contributed by atoms with Crippen LogP contribution in [0.4, 0.5) is 0 Å². The lowest BCUT2D eigenvalue weighted by Gasteiger charge is -1.77. The molecule has 34 valence electrons. The summed E-state index contributed by atoms with van der Waals surface area (Å²) in [6.45, 7) is 0. The van der Waals surface area contributed by atoms with Gasteiger partial charge in [-0.15, -0.1) is 0 Å². The largest absolute Gasteiger partial charge is 0.0830 e. The van der Waals surface area contributed by atoms with Crippen LogP contribution in [0.25, 0.3) is 0 Å². The first-order chi connectivity index (χ1) is 3.39. The van der Waals surface area contributed by atoms with Gasteiger partial charge in [0, 0.05) is 12.1 Å². The van der Waals surface area contributed by atoms with E-state index in [0.717, 1.165) is 0 Å². The summed E-state index contributed by atoms with van der Waals surface area (Å²) in [5.41, 5.74) is 0. The van der Waals surface area contributed by atoms with Crippen LogP contribution < -0.4 is 0 Å². The Hall–Kier alpha value is -0.490. The number of hydrogen-bond acceptors (Lipinski definition) is 0. The zero-order valence-corrected chi connectivity index (χ0v) is 4.37. The average Bonchev–Trinajstić information content (AvgIpc) is 1.69. The van der Waals surface area contributed by atoms with Gasteiger partial charge < -0.3 is 0 Å². The molecular formula is C6H3Cl. The van der Waals surface area contributed by atoms with E-state index in [1.807, 2.05) is 6.07 Å². The Morgan fingerprint density at radius 2 is 1.86 bits per heavy atom. The van der Waals surface area contributed by atoms with Gasteiger partial charge in [0.1, 0.15) is 0 Å². The summed E-state index contributed by atoms with van der Waals surface area (Å²) in [6, 6.07) is 10.8. The van der Waals surface area contributed by atoms with Crippen LogP contribution in [-0.2, 0) is 0 Å². The highest BCUT2D eigenvalue weighted by atomic mass is 35.5. The summed E-state index contributed by atoms with van der Waals surface area (Å²) in [5, 5.41) is 0.544. The van der Waals surface area contributed by atoms with E-state index in [9.17, 15) is 0 Å². The van der Waals surface area contributed by atoms with Crippen LogP contribution in [0.1, 0.15) is 0 Å². The molecule has 0 saturated carbocycles. The van der Waals surface area contributed by atoms with Crippen LogP contribution >= 0.6 is 11.6 Å². The number of benzene rings is 1. The van der Waals surface area contributed by atoms with Crippen molar-refractivity contribution in [3.63, 3.8) is 0 Å². The molecule has 0 fully saturated rings. The van der Waals surface area contributed by atoms with Gasteiger partial charge in [-0.05, 0) is 0 Å². The normalized spacial score (nSPS) is 8.71. The minimum Gasteiger partial charge on any atom is -0.0830 e. The van der Waals surface area contributed by atoms with Crippen LogP contribution in [0.2, 0.25) is 5.02 Å². The summed E-state index contributed by atoms with van der Waals surface area (Å²) in [6.07, 6.45) is 0. The molecule has 1 aromatic rings. The number of hydrogen-bond donors (Lipinski definition) is 0. The molecule has 0 saturated heterocycles. The molecule has 0 aliphatic heterocycles. The third-order valence-corrected chi connectivity index (χ3v) is 0.831. The SMILES string of the molecule is Clc1[c]ccc[c]1. The molecule has 0 aliphatic carbocycles. The summed E-state index contributed by atoms with van der Waals surface area (Å²) >= 11 is 5.43. The highest BCUT2D eigenvalue weighted by Gasteiger charge is 1.77. The van der Waals surface area contributed by atoms with Gasteiger partial charge in [0.05, 0.1) is 5.02 Å². The molecule has 0 aliphatic rings. The Bertz CT molecular complexity index is 134.